The fourth-order valence-corrected chi connectivity index (χ4v) is 2.12. The number of halogens is 1. The smallest absolute Gasteiger partial charge is 0.231 e. The van der Waals surface area contributed by atoms with E-state index < -0.39 is 0 Å². The second-order valence-electron chi connectivity index (χ2n) is 4.48. The first-order valence-corrected chi connectivity index (χ1v) is 6.81. The molecule has 21 heavy (non-hydrogen) atoms. The van der Waals surface area contributed by atoms with Gasteiger partial charge in [0, 0.05) is 17.8 Å². The van der Waals surface area contributed by atoms with E-state index in [1.54, 1.807) is 18.2 Å². The minimum atomic E-state index is -0.352. The maximum atomic E-state index is 11.6. The van der Waals surface area contributed by atoms with Crippen molar-refractivity contribution in [3.63, 3.8) is 0 Å². The quantitative estimate of drug-likeness (QED) is 0.677. The van der Waals surface area contributed by atoms with Crippen LogP contribution < -0.4 is 10.2 Å². The third-order valence-corrected chi connectivity index (χ3v) is 3.24. The van der Waals surface area contributed by atoms with Crippen LogP contribution >= 0.6 is 11.6 Å². The third-order valence-electron chi connectivity index (χ3n) is 3.01. The standard InChI is InChI=1S/C16H15ClN2O2/c1-19(13-5-3-2-4-6-13)15-11-12(17)7-8-14(15)18-16(21)9-10-20/h2-8,10-11H,9H2,1H3,(H,18,21). The monoisotopic (exact) mass is 302 g/mol. The van der Waals surface area contributed by atoms with E-state index in [-0.39, 0.29) is 12.3 Å². The average molecular weight is 303 g/mol. The fourth-order valence-electron chi connectivity index (χ4n) is 1.96. The van der Waals surface area contributed by atoms with E-state index in [2.05, 4.69) is 5.32 Å². The number of para-hydroxylation sites is 1. The maximum Gasteiger partial charge on any atom is 0.231 e. The fraction of sp³-hybridized carbons (Fsp3) is 0.125. The van der Waals surface area contributed by atoms with Crippen molar-refractivity contribution in [1.82, 2.24) is 0 Å². The van der Waals surface area contributed by atoms with E-state index in [0.717, 1.165) is 11.4 Å². The second-order valence-corrected chi connectivity index (χ2v) is 4.91. The van der Waals surface area contributed by atoms with Crippen LogP contribution in [0.4, 0.5) is 17.1 Å². The lowest BCUT2D eigenvalue weighted by atomic mass is 10.2. The van der Waals surface area contributed by atoms with Gasteiger partial charge in [-0.05, 0) is 30.3 Å². The molecule has 0 bridgehead atoms. The molecule has 4 nitrogen and oxygen atoms in total. The highest BCUT2D eigenvalue weighted by Gasteiger charge is 2.12. The number of carbonyl (C=O) groups excluding carboxylic acids is 2. The summed E-state index contributed by atoms with van der Waals surface area (Å²) in [5.74, 6) is -0.352. The molecule has 0 saturated carbocycles. The van der Waals surface area contributed by atoms with Gasteiger partial charge < -0.3 is 15.0 Å². The van der Waals surface area contributed by atoms with Gasteiger partial charge in [0.25, 0.3) is 0 Å². The molecule has 2 rings (SSSR count). The Hall–Kier alpha value is -2.33. The highest BCUT2D eigenvalue weighted by atomic mass is 35.5. The Balaban J connectivity index is 2.35. The molecule has 0 unspecified atom stereocenters. The van der Waals surface area contributed by atoms with Crippen molar-refractivity contribution in [2.45, 2.75) is 6.42 Å². The highest BCUT2D eigenvalue weighted by molar-refractivity contribution is 6.31. The predicted octanol–water partition coefficient (Wildman–Crippen LogP) is 3.64. The lowest BCUT2D eigenvalue weighted by molar-refractivity contribution is -0.119. The lowest BCUT2D eigenvalue weighted by Crippen LogP contribution is -2.16. The lowest BCUT2D eigenvalue weighted by Gasteiger charge is -2.23. The van der Waals surface area contributed by atoms with Crippen molar-refractivity contribution in [3.8, 4) is 0 Å². The number of aldehydes is 1. The number of benzene rings is 2. The summed E-state index contributed by atoms with van der Waals surface area (Å²) >= 11 is 6.05. The number of carbonyl (C=O) groups is 2. The molecule has 0 saturated heterocycles. The number of anilines is 3. The molecular formula is C16H15ClN2O2. The predicted molar refractivity (Wildman–Crippen MR) is 85.3 cm³/mol. The maximum absolute atomic E-state index is 11.6. The summed E-state index contributed by atoms with van der Waals surface area (Å²) in [6.07, 6.45) is 0.406. The van der Waals surface area contributed by atoms with Gasteiger partial charge in [0.15, 0.2) is 0 Å². The van der Waals surface area contributed by atoms with Crippen LogP contribution in [0.25, 0.3) is 0 Å². The van der Waals surface area contributed by atoms with Crippen LogP contribution in [0.3, 0.4) is 0 Å². The van der Waals surface area contributed by atoms with Gasteiger partial charge in [0.2, 0.25) is 5.91 Å². The van der Waals surface area contributed by atoms with E-state index in [4.69, 9.17) is 11.6 Å². The average Bonchev–Trinajstić information content (AvgIpc) is 2.49. The van der Waals surface area contributed by atoms with Crippen LogP contribution in [-0.2, 0) is 9.59 Å². The first-order valence-electron chi connectivity index (χ1n) is 6.43. The Kier molecular flexibility index (Phi) is 4.95. The molecule has 0 heterocycles. The Bertz CT molecular complexity index is 644. The Morgan fingerprint density at radius 2 is 1.95 bits per heavy atom. The van der Waals surface area contributed by atoms with E-state index in [1.165, 1.54) is 0 Å². The molecule has 0 spiro atoms. The summed E-state index contributed by atoms with van der Waals surface area (Å²) in [5, 5.41) is 3.29. The largest absolute Gasteiger partial charge is 0.343 e. The van der Waals surface area contributed by atoms with Crippen molar-refractivity contribution < 1.29 is 9.59 Å². The van der Waals surface area contributed by atoms with Crippen LogP contribution in [0, 0.1) is 0 Å². The minimum Gasteiger partial charge on any atom is -0.343 e. The second kappa shape index (κ2) is 6.90. The number of hydrogen-bond donors (Lipinski definition) is 1. The molecule has 1 N–H and O–H groups in total. The molecule has 108 valence electrons. The molecule has 0 fully saturated rings. The number of nitrogens with one attached hydrogen (secondary N) is 1. The van der Waals surface area contributed by atoms with Crippen molar-refractivity contribution in [1.29, 1.82) is 0 Å². The van der Waals surface area contributed by atoms with Crippen molar-refractivity contribution in [2.24, 2.45) is 0 Å². The molecule has 0 aliphatic rings. The van der Waals surface area contributed by atoms with E-state index >= 15 is 0 Å². The van der Waals surface area contributed by atoms with E-state index in [0.29, 0.717) is 17.0 Å². The number of hydrogen-bond acceptors (Lipinski definition) is 3. The molecule has 2 aromatic carbocycles. The first-order chi connectivity index (χ1) is 10.1. The summed E-state index contributed by atoms with van der Waals surface area (Å²) in [7, 11) is 1.89. The first kappa shape index (κ1) is 15.1. The SMILES string of the molecule is CN(c1ccccc1)c1cc(Cl)ccc1NC(=O)CC=O. The van der Waals surface area contributed by atoms with Crippen LogP contribution in [0.1, 0.15) is 6.42 Å². The van der Waals surface area contributed by atoms with Gasteiger partial charge in [-0.15, -0.1) is 0 Å². The van der Waals surface area contributed by atoms with Gasteiger partial charge in [-0.2, -0.15) is 0 Å². The third kappa shape index (κ3) is 3.83. The van der Waals surface area contributed by atoms with Gasteiger partial charge in [0.1, 0.15) is 6.29 Å². The normalized spacial score (nSPS) is 10.0. The molecule has 0 aliphatic carbocycles. The molecular weight excluding hydrogens is 288 g/mol. The number of nitrogens with zero attached hydrogens (tertiary/aromatic N) is 1. The Labute approximate surface area is 128 Å². The van der Waals surface area contributed by atoms with Crippen LogP contribution in [0.2, 0.25) is 5.02 Å². The Morgan fingerprint density at radius 1 is 1.24 bits per heavy atom. The van der Waals surface area contributed by atoms with Crippen molar-refractivity contribution in [3.05, 3.63) is 53.6 Å². The van der Waals surface area contributed by atoms with Crippen molar-refractivity contribution in [2.75, 3.05) is 17.3 Å². The molecule has 0 atom stereocenters. The molecule has 5 heteroatoms. The number of rotatable bonds is 5. The summed E-state index contributed by atoms with van der Waals surface area (Å²) in [5.41, 5.74) is 2.33. The van der Waals surface area contributed by atoms with Gasteiger partial charge in [-0.1, -0.05) is 29.8 Å². The zero-order valence-corrected chi connectivity index (χ0v) is 12.3. The Morgan fingerprint density at radius 3 is 2.62 bits per heavy atom. The van der Waals surface area contributed by atoms with Gasteiger partial charge >= 0.3 is 0 Å². The number of amides is 1. The van der Waals surface area contributed by atoms with Crippen molar-refractivity contribution >= 4 is 40.9 Å². The van der Waals surface area contributed by atoms with Crippen LogP contribution in [-0.4, -0.2) is 19.2 Å². The van der Waals surface area contributed by atoms with E-state index in [1.807, 2.05) is 42.3 Å². The minimum absolute atomic E-state index is 0.170. The topological polar surface area (TPSA) is 49.4 Å². The summed E-state index contributed by atoms with van der Waals surface area (Å²) in [4.78, 5) is 23.9. The molecule has 1 amide bonds. The molecule has 0 aliphatic heterocycles. The summed E-state index contributed by atoms with van der Waals surface area (Å²) < 4.78 is 0. The zero-order chi connectivity index (χ0) is 15.2. The highest BCUT2D eigenvalue weighted by Crippen LogP contribution is 2.33. The molecule has 0 aromatic heterocycles. The molecule has 2 aromatic rings. The van der Waals surface area contributed by atoms with Gasteiger partial charge in [-0.3, -0.25) is 4.79 Å². The zero-order valence-electron chi connectivity index (χ0n) is 11.5. The summed E-state index contributed by atoms with van der Waals surface area (Å²) in [6.45, 7) is 0. The molecule has 0 radical (unpaired) electrons. The van der Waals surface area contributed by atoms with Gasteiger partial charge in [0.05, 0.1) is 17.8 Å². The van der Waals surface area contributed by atoms with Crippen LogP contribution in [0.15, 0.2) is 48.5 Å². The van der Waals surface area contributed by atoms with Gasteiger partial charge in [-0.25, -0.2) is 0 Å². The van der Waals surface area contributed by atoms with Crippen LogP contribution in [0.5, 0.6) is 0 Å². The summed E-state index contributed by atoms with van der Waals surface area (Å²) in [6, 6.07) is 14.9. The van der Waals surface area contributed by atoms with E-state index in [9.17, 15) is 9.59 Å².